The monoisotopic (exact) mass is 281 g/mol. The third-order valence-electron chi connectivity index (χ3n) is 1.66. The molecule has 0 spiro atoms. The predicted molar refractivity (Wildman–Crippen MR) is 56.2 cm³/mol. The van der Waals surface area contributed by atoms with E-state index in [2.05, 4.69) is 3.15 Å². The van der Waals surface area contributed by atoms with Crippen LogP contribution in [0.1, 0.15) is 6.92 Å². The summed E-state index contributed by atoms with van der Waals surface area (Å²) in [6.45, 7) is 1.72. The number of aliphatic hydroxyl groups is 2. The molecule has 0 aliphatic carbocycles. The predicted octanol–water partition coefficient (Wildman–Crippen LogP) is 1.34. The highest BCUT2D eigenvalue weighted by Crippen LogP contribution is 2.20. The molecule has 4 heteroatoms. The van der Waals surface area contributed by atoms with Gasteiger partial charge in [-0.2, -0.15) is 0 Å². The largest absolute Gasteiger partial charge is 0.393 e. The van der Waals surface area contributed by atoms with Crippen molar-refractivity contribution >= 4 is 21.0 Å². The zero-order valence-electron chi connectivity index (χ0n) is 6.81. The van der Waals surface area contributed by atoms with Crippen molar-refractivity contribution in [2.45, 2.75) is 19.1 Å². The Kier molecular flexibility index (Phi) is 4.03. The van der Waals surface area contributed by atoms with Crippen molar-refractivity contribution in [1.82, 2.24) is 0 Å². The maximum atomic E-state index is 9.38. The van der Waals surface area contributed by atoms with Gasteiger partial charge in [0.05, 0.1) is 12.6 Å². The summed E-state index contributed by atoms with van der Waals surface area (Å²) in [5, 5.41) is 18.1. The van der Waals surface area contributed by atoms with Crippen molar-refractivity contribution in [1.29, 1.82) is 0 Å². The van der Waals surface area contributed by atoms with Crippen molar-refractivity contribution in [3.05, 3.63) is 21.8 Å². The fourth-order valence-corrected chi connectivity index (χ4v) is 2.37. The lowest BCUT2D eigenvalue weighted by molar-refractivity contribution is 0.118. The lowest BCUT2D eigenvalue weighted by atomic mass is 10.0. The van der Waals surface area contributed by atoms with Gasteiger partial charge in [0.2, 0.25) is 0 Å². The molecule has 0 fully saturated rings. The Hall–Kier alpha value is -0.0700. The van der Waals surface area contributed by atoms with Gasteiger partial charge >= 0.3 is 0 Å². The van der Waals surface area contributed by atoms with Crippen LogP contribution in [0, 0.1) is 0 Å². The number of aliphatic hydroxyl groups excluding tert-OH is 2. The molecule has 2 N–H and O–H groups in total. The smallest absolute Gasteiger partial charge is 0.100 e. The average molecular weight is 281 g/mol. The van der Waals surface area contributed by atoms with Gasteiger partial charge in [-0.25, -0.2) is 0 Å². The summed E-state index contributed by atoms with van der Waals surface area (Å²) < 4.78 is 6.39. The molecule has 1 unspecified atom stereocenters. The maximum absolute atomic E-state index is 9.38. The van der Waals surface area contributed by atoms with E-state index in [0.29, 0.717) is 0 Å². The highest BCUT2D eigenvalue weighted by Gasteiger charge is 2.15. The summed E-state index contributed by atoms with van der Waals surface area (Å²) >= 11 is -0.211. The lowest BCUT2D eigenvalue weighted by Gasteiger charge is -2.14. The number of rotatable bonds is 2. The number of halogens is 1. The Morgan fingerprint density at radius 2 is 2.50 bits per heavy atom. The molecule has 0 aromatic carbocycles. The zero-order chi connectivity index (χ0) is 8.97. The van der Waals surface area contributed by atoms with Crippen LogP contribution in [0.5, 0.6) is 0 Å². The minimum absolute atomic E-state index is 0.0509. The van der Waals surface area contributed by atoms with Gasteiger partial charge in [-0.3, -0.25) is 3.15 Å². The molecule has 0 amide bonds. The van der Waals surface area contributed by atoms with Crippen LogP contribution in [0.3, 0.4) is 0 Å². The number of nitrogens with zero attached hydrogens (tertiary/aromatic N) is 1. The minimum Gasteiger partial charge on any atom is -0.393 e. The summed E-state index contributed by atoms with van der Waals surface area (Å²) in [5.41, 5.74) is 0.811. The second kappa shape index (κ2) is 4.84. The van der Waals surface area contributed by atoms with Gasteiger partial charge in [-0.05, 0) is 16.6 Å². The van der Waals surface area contributed by atoms with Crippen LogP contribution >= 0.6 is 21.0 Å². The maximum Gasteiger partial charge on any atom is 0.100 e. The normalized spacial score (nSPS) is 25.6. The molecule has 3 nitrogen and oxygen atoms in total. The minimum atomic E-state index is -0.754. The second-order valence-corrected chi connectivity index (χ2v) is 4.39. The van der Waals surface area contributed by atoms with Crippen LogP contribution in [0.4, 0.5) is 0 Å². The molecule has 2 atom stereocenters. The van der Waals surface area contributed by atoms with Crippen LogP contribution in [-0.4, -0.2) is 29.0 Å². The van der Waals surface area contributed by atoms with E-state index in [9.17, 15) is 5.11 Å². The third kappa shape index (κ3) is 2.46. The molecule has 1 rings (SSSR count). The molecule has 0 aromatic heterocycles. The van der Waals surface area contributed by atoms with Gasteiger partial charge in [-0.1, -0.05) is 12.2 Å². The number of allylic oxidation sites excluding steroid dienone is 2. The van der Waals surface area contributed by atoms with Gasteiger partial charge in [0.25, 0.3) is 0 Å². The van der Waals surface area contributed by atoms with Gasteiger partial charge in [0, 0.05) is 21.0 Å². The molecule has 0 saturated carbocycles. The van der Waals surface area contributed by atoms with Crippen molar-refractivity contribution in [3.63, 3.8) is 0 Å². The number of hydrogen-bond donors (Lipinski definition) is 2. The fourth-order valence-electron chi connectivity index (χ4n) is 0.988. The topological polar surface area (TPSA) is 52.8 Å². The fraction of sp³-hybridized carbons (Fsp3) is 0.500. The van der Waals surface area contributed by atoms with Gasteiger partial charge in [0.15, 0.2) is 0 Å². The van der Waals surface area contributed by atoms with Crippen molar-refractivity contribution < 1.29 is 10.2 Å². The molecular weight excluding hydrogens is 269 g/mol. The first-order chi connectivity index (χ1) is 5.75. The quantitative estimate of drug-likeness (QED) is 0.750. The van der Waals surface area contributed by atoms with Crippen LogP contribution in [0.2, 0.25) is 0 Å². The van der Waals surface area contributed by atoms with Gasteiger partial charge in [-0.15, -0.1) is 0 Å². The molecule has 0 bridgehead atoms. The summed E-state index contributed by atoms with van der Waals surface area (Å²) in [4.78, 5) is 0. The Morgan fingerprint density at radius 1 is 1.75 bits per heavy atom. The average Bonchev–Trinajstić information content (AvgIpc) is 2.28. The molecule has 12 heavy (non-hydrogen) atoms. The van der Waals surface area contributed by atoms with E-state index < -0.39 is 6.10 Å². The Bertz CT molecular complexity index is 235. The first kappa shape index (κ1) is 10.0. The lowest BCUT2D eigenvalue weighted by Crippen LogP contribution is -2.21. The van der Waals surface area contributed by atoms with Crippen LogP contribution in [0.25, 0.3) is 0 Å². The molecule has 68 valence electrons. The highest BCUT2D eigenvalue weighted by molar-refractivity contribution is 14.2. The summed E-state index contributed by atoms with van der Waals surface area (Å²) in [5.74, 6) is 0. The van der Waals surface area contributed by atoms with Crippen molar-refractivity contribution in [2.75, 3.05) is 6.61 Å². The van der Waals surface area contributed by atoms with E-state index in [4.69, 9.17) is 5.11 Å². The molecule has 0 radical (unpaired) electrons. The Labute approximate surface area is 82.0 Å². The van der Waals surface area contributed by atoms with E-state index in [1.165, 1.54) is 0 Å². The van der Waals surface area contributed by atoms with E-state index in [1.807, 2.05) is 23.2 Å². The second-order valence-electron chi connectivity index (χ2n) is 2.55. The molecular formula is C8H12INO2. The summed E-state index contributed by atoms with van der Waals surface area (Å²) in [7, 11) is 0. The van der Waals surface area contributed by atoms with E-state index >= 15 is 0 Å². The highest BCUT2D eigenvalue weighted by atomic mass is 127. The van der Waals surface area contributed by atoms with E-state index in [-0.39, 0.29) is 33.7 Å². The van der Waals surface area contributed by atoms with Gasteiger partial charge < -0.3 is 10.2 Å². The Morgan fingerprint density at radius 3 is 3.17 bits per heavy atom. The van der Waals surface area contributed by atoms with E-state index in [1.54, 1.807) is 0 Å². The van der Waals surface area contributed by atoms with Crippen LogP contribution < -0.4 is 0 Å². The Balaban J connectivity index is 2.79. The first-order valence-electron chi connectivity index (χ1n) is 3.74. The SMILES string of the molecule is C[C@@H]1N=IC=CC=C1C(O)CO. The molecule has 1 heterocycles. The summed E-state index contributed by atoms with van der Waals surface area (Å²) in [6, 6.07) is 0.0509. The van der Waals surface area contributed by atoms with Gasteiger partial charge in [0.1, 0.15) is 6.10 Å². The molecule has 1 aliphatic heterocycles. The number of hydrogen-bond acceptors (Lipinski definition) is 3. The van der Waals surface area contributed by atoms with E-state index in [0.717, 1.165) is 5.57 Å². The van der Waals surface area contributed by atoms with Crippen LogP contribution in [0.15, 0.2) is 25.0 Å². The molecule has 0 aromatic rings. The first-order valence-corrected chi connectivity index (χ1v) is 5.95. The van der Waals surface area contributed by atoms with Crippen molar-refractivity contribution in [3.8, 4) is 0 Å². The standard InChI is InChI=1S/C8H12INO2/c1-6-7(8(12)5-11)3-2-4-9-10-6/h2-4,6,8,11-12H,5H2,1H3/t6-,8?/m0/s1. The zero-order valence-corrected chi connectivity index (χ0v) is 8.97. The third-order valence-corrected chi connectivity index (χ3v) is 3.55. The summed E-state index contributed by atoms with van der Waals surface area (Å²) in [6.07, 6.45) is 3.01. The molecule has 0 saturated heterocycles. The molecule has 1 aliphatic rings. The van der Waals surface area contributed by atoms with Crippen LogP contribution in [-0.2, 0) is 0 Å². The van der Waals surface area contributed by atoms with Crippen molar-refractivity contribution in [2.24, 2.45) is 3.15 Å².